The minimum Gasteiger partial charge on any atom is -0.493 e. The average Bonchev–Trinajstić information content (AvgIpc) is 2.17. The third-order valence-electron chi connectivity index (χ3n) is 1.89. The van der Waals surface area contributed by atoms with Crippen LogP contribution in [0.4, 0.5) is 30.7 Å². The van der Waals surface area contributed by atoms with Gasteiger partial charge >= 0.3 is 12.4 Å². The summed E-state index contributed by atoms with van der Waals surface area (Å²) >= 11 is 0. The quantitative estimate of drug-likeness (QED) is 0.753. The van der Waals surface area contributed by atoms with Crippen LogP contribution < -0.4 is 4.74 Å². The van der Waals surface area contributed by atoms with Crippen molar-refractivity contribution in [3.63, 3.8) is 0 Å². The Hall–Kier alpha value is -1.47. The maximum Gasteiger partial charge on any atom is 0.420 e. The Morgan fingerprint density at radius 1 is 1.00 bits per heavy atom. The van der Waals surface area contributed by atoms with Crippen LogP contribution >= 0.6 is 0 Å². The maximum absolute atomic E-state index is 12.7. The van der Waals surface area contributed by atoms with Gasteiger partial charge in [0.1, 0.15) is 17.1 Å². The van der Waals surface area contributed by atoms with Gasteiger partial charge in [-0.25, -0.2) is 4.39 Å². The molecule has 1 aromatic rings. The number of halogens is 7. The second-order valence-electron chi connectivity index (χ2n) is 3.35. The largest absolute Gasteiger partial charge is 0.493 e. The smallest absolute Gasteiger partial charge is 0.420 e. The van der Waals surface area contributed by atoms with Crippen molar-refractivity contribution >= 4 is 0 Å². The lowest BCUT2D eigenvalue weighted by Gasteiger charge is -2.14. The molecule has 1 aromatic carbocycles. The lowest BCUT2D eigenvalue weighted by molar-refractivity contribution is -0.143. The van der Waals surface area contributed by atoms with E-state index in [1.807, 2.05) is 0 Å². The van der Waals surface area contributed by atoms with Crippen LogP contribution in [0, 0.1) is 5.82 Å². The van der Waals surface area contributed by atoms with Crippen LogP contribution in [0.25, 0.3) is 0 Å². The molecule has 0 radical (unpaired) electrons. The average molecular weight is 276 g/mol. The third kappa shape index (κ3) is 4.42. The van der Waals surface area contributed by atoms with Crippen LogP contribution in [0.3, 0.4) is 0 Å². The molecule has 18 heavy (non-hydrogen) atoms. The van der Waals surface area contributed by atoms with Crippen LogP contribution in [0.2, 0.25) is 0 Å². The van der Waals surface area contributed by atoms with E-state index in [0.717, 1.165) is 0 Å². The zero-order chi connectivity index (χ0) is 14.0. The molecule has 0 aliphatic heterocycles. The van der Waals surface area contributed by atoms with Crippen molar-refractivity contribution in [2.45, 2.75) is 18.8 Å². The number of ether oxygens (including phenoxy) is 1. The molecule has 0 saturated heterocycles. The van der Waals surface area contributed by atoms with Crippen molar-refractivity contribution < 1.29 is 35.5 Å². The van der Waals surface area contributed by atoms with E-state index in [9.17, 15) is 30.7 Å². The van der Waals surface area contributed by atoms with Gasteiger partial charge in [0.05, 0.1) is 13.0 Å². The second kappa shape index (κ2) is 5.03. The summed E-state index contributed by atoms with van der Waals surface area (Å²) in [6, 6.07) is 1.50. The molecule has 0 unspecified atom stereocenters. The molecule has 0 aromatic heterocycles. The maximum atomic E-state index is 12.7. The first-order valence-corrected chi connectivity index (χ1v) is 4.66. The molecule has 0 aliphatic rings. The Kier molecular flexibility index (Phi) is 4.08. The highest BCUT2D eigenvalue weighted by molar-refractivity contribution is 5.36. The molecule has 102 valence electrons. The Morgan fingerprint density at radius 2 is 1.61 bits per heavy atom. The summed E-state index contributed by atoms with van der Waals surface area (Å²) in [6.07, 6.45) is -10.8. The molecular weight excluding hydrogens is 269 g/mol. The summed E-state index contributed by atoms with van der Waals surface area (Å²) in [6.45, 7) is -0.960. The van der Waals surface area contributed by atoms with Gasteiger partial charge in [-0.15, -0.1) is 0 Å². The summed E-state index contributed by atoms with van der Waals surface area (Å²) in [5, 5.41) is 0. The first-order valence-electron chi connectivity index (χ1n) is 4.66. The topological polar surface area (TPSA) is 9.23 Å². The Labute approximate surface area is 97.2 Å². The van der Waals surface area contributed by atoms with Gasteiger partial charge in [-0.1, -0.05) is 0 Å². The van der Waals surface area contributed by atoms with E-state index in [2.05, 4.69) is 4.74 Å². The van der Waals surface area contributed by atoms with Crippen LogP contribution in [0.1, 0.15) is 12.0 Å². The lowest BCUT2D eigenvalue weighted by atomic mass is 10.2. The van der Waals surface area contributed by atoms with Crippen LogP contribution in [0.15, 0.2) is 18.2 Å². The fourth-order valence-corrected chi connectivity index (χ4v) is 1.13. The number of hydrogen-bond acceptors (Lipinski definition) is 1. The molecule has 0 N–H and O–H groups in total. The SMILES string of the molecule is Fc1ccc(OCCC(F)(F)F)c(C(F)(F)F)c1. The second-order valence-corrected chi connectivity index (χ2v) is 3.35. The van der Waals surface area contributed by atoms with Crippen molar-refractivity contribution in [3.8, 4) is 5.75 Å². The van der Waals surface area contributed by atoms with Gasteiger partial charge in [0.25, 0.3) is 0 Å². The van der Waals surface area contributed by atoms with Crippen molar-refractivity contribution in [3.05, 3.63) is 29.6 Å². The number of hydrogen-bond donors (Lipinski definition) is 0. The number of rotatable bonds is 3. The summed E-state index contributed by atoms with van der Waals surface area (Å²) in [5.74, 6) is -1.97. The van der Waals surface area contributed by atoms with Gasteiger partial charge in [0.15, 0.2) is 0 Å². The predicted molar refractivity (Wildman–Crippen MR) is 47.6 cm³/mol. The zero-order valence-corrected chi connectivity index (χ0v) is 8.70. The van der Waals surface area contributed by atoms with E-state index in [1.54, 1.807) is 0 Å². The number of benzene rings is 1. The molecular formula is C10H7F7O. The van der Waals surface area contributed by atoms with Crippen molar-refractivity contribution in [2.75, 3.05) is 6.61 Å². The minimum absolute atomic E-state index is 0.170. The summed E-state index contributed by atoms with van der Waals surface area (Å²) < 4.78 is 89.7. The van der Waals surface area contributed by atoms with E-state index in [0.29, 0.717) is 12.1 Å². The predicted octanol–water partition coefficient (Wildman–Crippen LogP) is 4.18. The highest BCUT2D eigenvalue weighted by atomic mass is 19.4. The highest BCUT2D eigenvalue weighted by Gasteiger charge is 2.35. The van der Waals surface area contributed by atoms with Crippen LogP contribution in [0.5, 0.6) is 5.75 Å². The van der Waals surface area contributed by atoms with E-state index >= 15 is 0 Å². The molecule has 0 fully saturated rings. The van der Waals surface area contributed by atoms with Crippen molar-refractivity contribution in [1.29, 1.82) is 0 Å². The van der Waals surface area contributed by atoms with Crippen LogP contribution in [-0.4, -0.2) is 12.8 Å². The molecule has 0 atom stereocenters. The van der Waals surface area contributed by atoms with Gasteiger partial charge in [-0.2, -0.15) is 26.3 Å². The molecule has 8 heteroatoms. The highest BCUT2D eigenvalue weighted by Crippen LogP contribution is 2.36. The summed E-state index contributed by atoms with van der Waals surface area (Å²) in [7, 11) is 0. The fourth-order valence-electron chi connectivity index (χ4n) is 1.13. The first-order chi connectivity index (χ1) is 8.09. The number of alkyl halides is 6. The molecule has 0 spiro atoms. The van der Waals surface area contributed by atoms with Gasteiger partial charge in [-0.3, -0.25) is 0 Å². The van der Waals surface area contributed by atoms with E-state index in [1.165, 1.54) is 0 Å². The van der Waals surface area contributed by atoms with E-state index < -0.39 is 42.5 Å². The Balaban J connectivity index is 2.83. The molecule has 0 bridgehead atoms. The molecule has 1 nitrogen and oxygen atoms in total. The lowest BCUT2D eigenvalue weighted by Crippen LogP contribution is -2.15. The summed E-state index contributed by atoms with van der Waals surface area (Å²) in [5.41, 5.74) is -1.44. The first kappa shape index (κ1) is 14.6. The zero-order valence-electron chi connectivity index (χ0n) is 8.70. The Bertz CT molecular complexity index is 408. The normalized spacial score (nSPS) is 12.6. The molecule has 0 saturated carbocycles. The van der Waals surface area contributed by atoms with Crippen LogP contribution in [-0.2, 0) is 6.18 Å². The van der Waals surface area contributed by atoms with Gasteiger partial charge < -0.3 is 4.74 Å². The monoisotopic (exact) mass is 276 g/mol. The van der Waals surface area contributed by atoms with E-state index in [4.69, 9.17) is 0 Å². The molecule has 1 rings (SSSR count). The van der Waals surface area contributed by atoms with Gasteiger partial charge in [-0.05, 0) is 18.2 Å². The van der Waals surface area contributed by atoms with Crippen molar-refractivity contribution in [2.24, 2.45) is 0 Å². The molecule has 0 aliphatic carbocycles. The standard InChI is InChI=1S/C10H7F7O/c11-6-1-2-8(7(5-6)10(15,16)17)18-4-3-9(12,13)14/h1-2,5H,3-4H2. The molecule has 0 amide bonds. The fraction of sp³-hybridized carbons (Fsp3) is 0.400. The Morgan fingerprint density at radius 3 is 2.11 bits per heavy atom. The molecule has 0 heterocycles. The van der Waals surface area contributed by atoms with Gasteiger partial charge in [0, 0.05) is 0 Å². The van der Waals surface area contributed by atoms with E-state index in [-0.39, 0.29) is 6.07 Å². The minimum atomic E-state index is -4.89. The van der Waals surface area contributed by atoms with Gasteiger partial charge in [0.2, 0.25) is 0 Å². The third-order valence-corrected chi connectivity index (χ3v) is 1.89. The summed E-state index contributed by atoms with van der Waals surface area (Å²) in [4.78, 5) is 0. The van der Waals surface area contributed by atoms with Crippen molar-refractivity contribution in [1.82, 2.24) is 0 Å².